The molecule has 0 aromatic carbocycles. The third kappa shape index (κ3) is 2.83. The van der Waals surface area contributed by atoms with E-state index in [2.05, 4.69) is 32.2 Å². The smallest absolute Gasteiger partial charge is 0.104 e. The van der Waals surface area contributed by atoms with Gasteiger partial charge in [0.1, 0.15) is 12.2 Å². The van der Waals surface area contributed by atoms with Gasteiger partial charge in [-0.1, -0.05) is 19.9 Å². The van der Waals surface area contributed by atoms with Crippen LogP contribution in [0, 0.1) is 0 Å². The quantitative estimate of drug-likeness (QED) is 0.512. The summed E-state index contributed by atoms with van der Waals surface area (Å²) in [5.74, 6) is 0. The Kier molecular flexibility index (Phi) is 4.95. The fraction of sp³-hybridized carbons (Fsp3) is 0.556. The van der Waals surface area contributed by atoms with Crippen molar-refractivity contribution in [1.29, 1.82) is 0 Å². The second-order valence-corrected chi connectivity index (χ2v) is 2.26. The lowest BCUT2D eigenvalue weighted by molar-refractivity contribution is -0.833. The van der Waals surface area contributed by atoms with Gasteiger partial charge in [-0.3, -0.25) is 0 Å². The number of rotatable bonds is 0. The summed E-state index contributed by atoms with van der Waals surface area (Å²) in [6, 6.07) is 0. The highest BCUT2D eigenvalue weighted by Crippen LogP contribution is 1.85. The Bertz CT molecular complexity index is 134. The van der Waals surface area contributed by atoms with E-state index in [0.29, 0.717) is 0 Å². The van der Waals surface area contributed by atoms with E-state index in [1.165, 1.54) is 10.6 Å². The molecular formula is C9H18N+. The number of quaternary nitrogens is 1. The average Bonchev–Trinajstić information content (AvgIpc) is 2.00. The van der Waals surface area contributed by atoms with E-state index in [9.17, 15) is 0 Å². The zero-order valence-corrected chi connectivity index (χ0v) is 7.44. The first kappa shape index (κ1) is 9.44. The maximum atomic E-state index is 2.18. The molecule has 10 heavy (non-hydrogen) atoms. The molecule has 0 amide bonds. The van der Waals surface area contributed by atoms with Crippen LogP contribution >= 0.6 is 0 Å². The molecule has 1 heteroatoms. The number of hydrogen-bond donors (Lipinski definition) is 1. The van der Waals surface area contributed by atoms with Crippen LogP contribution in [0.3, 0.4) is 0 Å². The first-order chi connectivity index (χ1) is 4.80. The molecule has 1 N–H and O–H groups in total. The lowest BCUT2D eigenvalue weighted by Gasteiger charge is -2.12. The summed E-state index contributed by atoms with van der Waals surface area (Å²) in [6.07, 6.45) is 6.45. The molecule has 0 fully saturated rings. The monoisotopic (exact) mass is 140 g/mol. The molecule has 1 heterocycles. The molecule has 0 saturated carbocycles. The molecule has 0 saturated heterocycles. The third-order valence-corrected chi connectivity index (χ3v) is 1.58. The van der Waals surface area contributed by atoms with Crippen molar-refractivity contribution in [2.24, 2.45) is 0 Å². The van der Waals surface area contributed by atoms with E-state index in [4.69, 9.17) is 0 Å². The molecule has 0 aliphatic carbocycles. The molecule has 1 atom stereocenters. The summed E-state index contributed by atoms with van der Waals surface area (Å²) in [5.41, 5.74) is 1.42. The lowest BCUT2D eigenvalue weighted by Crippen LogP contribution is -3.06. The molecule has 0 aromatic rings. The SMILES string of the molecule is CC.CC1=CC=CC[NH+]1C. The van der Waals surface area contributed by atoms with E-state index in [1.54, 1.807) is 0 Å². The van der Waals surface area contributed by atoms with Gasteiger partial charge < -0.3 is 4.90 Å². The third-order valence-electron chi connectivity index (χ3n) is 1.58. The van der Waals surface area contributed by atoms with Crippen LogP contribution in [-0.2, 0) is 0 Å². The van der Waals surface area contributed by atoms with Gasteiger partial charge >= 0.3 is 0 Å². The van der Waals surface area contributed by atoms with Crippen LogP contribution in [0.4, 0.5) is 0 Å². The zero-order valence-electron chi connectivity index (χ0n) is 7.44. The summed E-state index contributed by atoms with van der Waals surface area (Å²) in [4.78, 5) is 1.49. The predicted molar refractivity (Wildman–Crippen MR) is 46.0 cm³/mol. The fourth-order valence-corrected chi connectivity index (χ4v) is 0.760. The zero-order chi connectivity index (χ0) is 7.98. The molecule has 0 bridgehead atoms. The van der Waals surface area contributed by atoms with Crippen LogP contribution in [0.15, 0.2) is 23.9 Å². The van der Waals surface area contributed by atoms with Gasteiger partial charge in [0.15, 0.2) is 0 Å². The molecule has 1 aliphatic rings. The van der Waals surface area contributed by atoms with Crippen molar-refractivity contribution in [3.05, 3.63) is 23.9 Å². The van der Waals surface area contributed by atoms with Gasteiger partial charge in [0.25, 0.3) is 0 Å². The predicted octanol–water partition coefficient (Wildman–Crippen LogP) is 1.00. The first-order valence-electron chi connectivity index (χ1n) is 3.97. The fourth-order valence-electron chi connectivity index (χ4n) is 0.760. The van der Waals surface area contributed by atoms with Crippen molar-refractivity contribution >= 4 is 0 Å². The Morgan fingerprint density at radius 1 is 1.40 bits per heavy atom. The van der Waals surface area contributed by atoms with Gasteiger partial charge in [0.05, 0.1) is 7.05 Å². The van der Waals surface area contributed by atoms with Crippen molar-refractivity contribution in [2.75, 3.05) is 13.6 Å². The van der Waals surface area contributed by atoms with Crippen LogP contribution in [0.5, 0.6) is 0 Å². The van der Waals surface area contributed by atoms with Crippen molar-refractivity contribution in [3.63, 3.8) is 0 Å². The lowest BCUT2D eigenvalue weighted by atomic mass is 10.3. The van der Waals surface area contributed by atoms with Gasteiger partial charge in [-0.25, -0.2) is 0 Å². The molecule has 0 radical (unpaired) electrons. The average molecular weight is 140 g/mol. The van der Waals surface area contributed by atoms with Gasteiger partial charge in [0.2, 0.25) is 0 Å². The van der Waals surface area contributed by atoms with E-state index in [0.717, 1.165) is 6.54 Å². The summed E-state index contributed by atoms with van der Waals surface area (Å²) in [6.45, 7) is 7.29. The van der Waals surface area contributed by atoms with Crippen LogP contribution in [-0.4, -0.2) is 13.6 Å². The van der Waals surface area contributed by atoms with Crippen molar-refractivity contribution in [3.8, 4) is 0 Å². The van der Waals surface area contributed by atoms with E-state index in [-0.39, 0.29) is 0 Å². The van der Waals surface area contributed by atoms with Gasteiger partial charge in [-0.05, 0) is 12.2 Å². The molecule has 1 nitrogen and oxygen atoms in total. The minimum absolute atomic E-state index is 1.14. The second-order valence-electron chi connectivity index (χ2n) is 2.26. The Hall–Kier alpha value is -0.560. The highest BCUT2D eigenvalue weighted by Gasteiger charge is 2.02. The maximum Gasteiger partial charge on any atom is 0.104 e. The molecule has 58 valence electrons. The van der Waals surface area contributed by atoms with Gasteiger partial charge in [-0.15, -0.1) is 0 Å². The number of allylic oxidation sites excluding steroid dienone is 3. The normalized spacial score (nSPS) is 22.8. The van der Waals surface area contributed by atoms with Crippen molar-refractivity contribution < 1.29 is 4.90 Å². The summed E-state index contributed by atoms with van der Waals surface area (Å²) >= 11 is 0. The van der Waals surface area contributed by atoms with Crippen molar-refractivity contribution in [1.82, 2.24) is 0 Å². The maximum absolute atomic E-state index is 2.18. The second kappa shape index (κ2) is 5.24. The van der Waals surface area contributed by atoms with Crippen LogP contribution in [0.1, 0.15) is 20.8 Å². The molecule has 1 unspecified atom stereocenters. The van der Waals surface area contributed by atoms with Crippen LogP contribution < -0.4 is 4.90 Å². The largest absolute Gasteiger partial charge is 0.305 e. The molecule has 0 aromatic heterocycles. The Labute approximate surface area is 64.0 Å². The van der Waals surface area contributed by atoms with Gasteiger partial charge in [0, 0.05) is 6.92 Å². The van der Waals surface area contributed by atoms with E-state index in [1.807, 2.05) is 13.8 Å². The van der Waals surface area contributed by atoms with Crippen molar-refractivity contribution in [2.45, 2.75) is 20.8 Å². The minimum Gasteiger partial charge on any atom is -0.305 e. The number of hydrogen-bond acceptors (Lipinski definition) is 0. The van der Waals surface area contributed by atoms with Gasteiger partial charge in [-0.2, -0.15) is 0 Å². The van der Waals surface area contributed by atoms with E-state index < -0.39 is 0 Å². The summed E-state index contributed by atoms with van der Waals surface area (Å²) in [5, 5.41) is 0. The molecular weight excluding hydrogens is 122 g/mol. The highest BCUT2D eigenvalue weighted by molar-refractivity contribution is 5.07. The molecule has 1 rings (SSSR count). The summed E-state index contributed by atoms with van der Waals surface area (Å²) in [7, 11) is 2.18. The van der Waals surface area contributed by atoms with Crippen LogP contribution in [0.2, 0.25) is 0 Å². The Morgan fingerprint density at radius 3 is 2.30 bits per heavy atom. The Balaban J connectivity index is 0.000000371. The minimum atomic E-state index is 1.14. The topological polar surface area (TPSA) is 4.44 Å². The summed E-state index contributed by atoms with van der Waals surface area (Å²) < 4.78 is 0. The number of nitrogens with one attached hydrogen (secondary N) is 1. The van der Waals surface area contributed by atoms with Crippen LogP contribution in [0.25, 0.3) is 0 Å². The standard InChI is InChI=1S/C7H11N.C2H6/c1-7-5-3-4-6-8(7)2;1-2/h3-5H,6H2,1-2H3;1-2H3/p+1. The highest BCUT2D eigenvalue weighted by atomic mass is 15.1. The Morgan fingerprint density at radius 2 is 2.00 bits per heavy atom. The van der Waals surface area contributed by atoms with E-state index >= 15 is 0 Å². The molecule has 1 aliphatic heterocycles. The number of likely N-dealkylation sites (N-methyl/N-ethyl adjacent to an activating group) is 1. The molecule has 0 spiro atoms. The first-order valence-corrected chi connectivity index (χ1v) is 3.97.